The number of carbonyl (C=O) groups is 2. The van der Waals surface area contributed by atoms with E-state index in [2.05, 4.69) is 5.10 Å². The standard InChI is InChI=1S/C18H21ClN4O2/c1-14-2-4-15(5-3-14)11-21-8-9-22(13-18(21)25)17(24)6-7-23-12-16(19)10-20-23/h2-5,10,12H,6-9,11,13H2,1H3. The molecule has 0 spiro atoms. The summed E-state index contributed by atoms with van der Waals surface area (Å²) in [6.07, 6.45) is 3.53. The van der Waals surface area contributed by atoms with Crippen molar-refractivity contribution in [2.75, 3.05) is 19.6 Å². The molecule has 2 aromatic rings. The molecule has 0 bridgehead atoms. The second kappa shape index (κ2) is 7.70. The molecule has 132 valence electrons. The summed E-state index contributed by atoms with van der Waals surface area (Å²) >= 11 is 5.81. The smallest absolute Gasteiger partial charge is 0.242 e. The lowest BCUT2D eigenvalue weighted by atomic mass is 10.1. The molecule has 6 nitrogen and oxygen atoms in total. The normalized spacial score (nSPS) is 14.9. The van der Waals surface area contributed by atoms with Crippen LogP contribution in [0.5, 0.6) is 0 Å². The number of rotatable bonds is 5. The summed E-state index contributed by atoms with van der Waals surface area (Å²) in [7, 11) is 0. The van der Waals surface area contributed by atoms with Crippen LogP contribution in [0.15, 0.2) is 36.7 Å². The summed E-state index contributed by atoms with van der Waals surface area (Å²) in [5.41, 5.74) is 2.30. The van der Waals surface area contributed by atoms with Crippen molar-refractivity contribution >= 4 is 23.4 Å². The number of nitrogens with zero attached hydrogens (tertiary/aromatic N) is 4. The van der Waals surface area contributed by atoms with E-state index in [9.17, 15) is 9.59 Å². The van der Waals surface area contributed by atoms with Crippen molar-refractivity contribution in [2.24, 2.45) is 0 Å². The minimum Gasteiger partial charge on any atom is -0.335 e. The first-order valence-electron chi connectivity index (χ1n) is 8.30. The van der Waals surface area contributed by atoms with Crippen LogP contribution in [-0.2, 0) is 22.7 Å². The summed E-state index contributed by atoms with van der Waals surface area (Å²) in [5.74, 6) is -0.0442. The molecule has 0 unspecified atom stereocenters. The highest BCUT2D eigenvalue weighted by molar-refractivity contribution is 6.30. The molecule has 1 aromatic carbocycles. The first kappa shape index (κ1) is 17.5. The fourth-order valence-electron chi connectivity index (χ4n) is 2.83. The van der Waals surface area contributed by atoms with Gasteiger partial charge in [-0.2, -0.15) is 5.10 Å². The molecule has 7 heteroatoms. The predicted molar refractivity (Wildman–Crippen MR) is 95.0 cm³/mol. The monoisotopic (exact) mass is 360 g/mol. The van der Waals surface area contributed by atoms with E-state index in [0.717, 1.165) is 5.56 Å². The Morgan fingerprint density at radius 2 is 2.00 bits per heavy atom. The molecule has 1 aromatic heterocycles. The Bertz CT molecular complexity index is 757. The number of piperazine rings is 1. The molecular weight excluding hydrogens is 340 g/mol. The van der Waals surface area contributed by atoms with Gasteiger partial charge in [-0.3, -0.25) is 14.3 Å². The molecular formula is C18H21ClN4O2. The Labute approximate surface area is 152 Å². The number of hydrogen-bond donors (Lipinski definition) is 0. The van der Waals surface area contributed by atoms with Crippen LogP contribution in [0.1, 0.15) is 17.5 Å². The zero-order valence-corrected chi connectivity index (χ0v) is 14.9. The summed E-state index contributed by atoms with van der Waals surface area (Å²) in [5, 5.41) is 4.60. The van der Waals surface area contributed by atoms with Gasteiger partial charge in [-0.05, 0) is 12.5 Å². The largest absolute Gasteiger partial charge is 0.335 e. The summed E-state index contributed by atoms with van der Waals surface area (Å²) < 4.78 is 1.63. The molecule has 25 heavy (non-hydrogen) atoms. The Morgan fingerprint density at radius 3 is 2.64 bits per heavy atom. The van der Waals surface area contributed by atoms with Gasteiger partial charge in [0, 0.05) is 38.8 Å². The zero-order valence-electron chi connectivity index (χ0n) is 14.2. The highest BCUT2D eigenvalue weighted by Crippen LogP contribution is 2.12. The molecule has 0 aliphatic carbocycles. The second-order valence-electron chi connectivity index (χ2n) is 6.29. The van der Waals surface area contributed by atoms with Gasteiger partial charge in [0.1, 0.15) is 0 Å². The maximum atomic E-state index is 12.4. The number of benzene rings is 1. The molecule has 1 aliphatic rings. The molecule has 1 aliphatic heterocycles. The fourth-order valence-corrected chi connectivity index (χ4v) is 2.99. The van der Waals surface area contributed by atoms with E-state index in [1.807, 2.05) is 36.1 Å². The number of carbonyl (C=O) groups excluding carboxylic acids is 2. The van der Waals surface area contributed by atoms with Crippen LogP contribution in [0.3, 0.4) is 0 Å². The third-order valence-electron chi connectivity index (χ3n) is 4.32. The average Bonchev–Trinajstić information content (AvgIpc) is 3.02. The maximum absolute atomic E-state index is 12.4. The van der Waals surface area contributed by atoms with E-state index < -0.39 is 0 Å². The summed E-state index contributed by atoms with van der Waals surface area (Å²) in [6.45, 7) is 4.36. The molecule has 1 fully saturated rings. The first-order valence-corrected chi connectivity index (χ1v) is 8.68. The summed E-state index contributed by atoms with van der Waals surface area (Å²) in [6, 6.07) is 8.16. The Hall–Kier alpha value is -2.34. The van der Waals surface area contributed by atoms with Gasteiger partial charge in [0.15, 0.2) is 0 Å². The van der Waals surface area contributed by atoms with Crippen LogP contribution >= 0.6 is 11.6 Å². The third kappa shape index (κ3) is 4.60. The molecule has 0 atom stereocenters. The molecule has 3 rings (SSSR count). The van der Waals surface area contributed by atoms with E-state index in [-0.39, 0.29) is 18.4 Å². The van der Waals surface area contributed by atoms with Crippen molar-refractivity contribution in [3.05, 3.63) is 52.8 Å². The van der Waals surface area contributed by atoms with Crippen LogP contribution in [0.2, 0.25) is 5.02 Å². The maximum Gasteiger partial charge on any atom is 0.242 e. The fraction of sp³-hybridized carbons (Fsp3) is 0.389. The SMILES string of the molecule is Cc1ccc(CN2CCN(C(=O)CCn3cc(Cl)cn3)CC2=O)cc1. The Morgan fingerprint density at radius 1 is 1.24 bits per heavy atom. The number of aromatic nitrogens is 2. The average molecular weight is 361 g/mol. The van der Waals surface area contributed by atoms with E-state index in [0.29, 0.717) is 37.6 Å². The van der Waals surface area contributed by atoms with Crippen LogP contribution < -0.4 is 0 Å². The van der Waals surface area contributed by atoms with Gasteiger partial charge in [0.05, 0.1) is 17.8 Å². The van der Waals surface area contributed by atoms with E-state index in [1.165, 1.54) is 5.56 Å². The summed E-state index contributed by atoms with van der Waals surface area (Å²) in [4.78, 5) is 28.1. The van der Waals surface area contributed by atoms with Gasteiger partial charge < -0.3 is 9.80 Å². The van der Waals surface area contributed by atoms with Gasteiger partial charge >= 0.3 is 0 Å². The van der Waals surface area contributed by atoms with Gasteiger partial charge in [-0.15, -0.1) is 0 Å². The number of halogens is 1. The van der Waals surface area contributed by atoms with Gasteiger partial charge in [-0.1, -0.05) is 41.4 Å². The van der Waals surface area contributed by atoms with Crippen LogP contribution in [-0.4, -0.2) is 51.0 Å². The highest BCUT2D eigenvalue weighted by Gasteiger charge is 2.26. The highest BCUT2D eigenvalue weighted by atomic mass is 35.5. The lowest BCUT2D eigenvalue weighted by molar-refractivity contribution is -0.145. The van der Waals surface area contributed by atoms with E-state index >= 15 is 0 Å². The topological polar surface area (TPSA) is 58.4 Å². The molecule has 2 amide bonds. The molecule has 0 saturated carbocycles. The quantitative estimate of drug-likeness (QED) is 0.820. The van der Waals surface area contributed by atoms with Crippen molar-refractivity contribution in [1.82, 2.24) is 19.6 Å². The van der Waals surface area contributed by atoms with Crippen molar-refractivity contribution in [3.8, 4) is 0 Å². The molecule has 0 radical (unpaired) electrons. The molecule has 0 N–H and O–H groups in total. The predicted octanol–water partition coefficient (Wildman–Crippen LogP) is 2.11. The van der Waals surface area contributed by atoms with E-state index in [4.69, 9.17) is 11.6 Å². The van der Waals surface area contributed by atoms with E-state index in [1.54, 1.807) is 22.0 Å². The van der Waals surface area contributed by atoms with Crippen molar-refractivity contribution < 1.29 is 9.59 Å². The number of amides is 2. The number of aryl methyl sites for hydroxylation is 2. The third-order valence-corrected chi connectivity index (χ3v) is 4.52. The zero-order chi connectivity index (χ0) is 17.8. The molecule has 2 heterocycles. The second-order valence-corrected chi connectivity index (χ2v) is 6.72. The van der Waals surface area contributed by atoms with Crippen LogP contribution in [0.4, 0.5) is 0 Å². The first-order chi connectivity index (χ1) is 12.0. The minimum absolute atomic E-state index is 0.0118. The Balaban J connectivity index is 1.49. The van der Waals surface area contributed by atoms with Crippen molar-refractivity contribution in [3.63, 3.8) is 0 Å². The Kier molecular flexibility index (Phi) is 5.38. The van der Waals surface area contributed by atoms with Crippen LogP contribution in [0.25, 0.3) is 0 Å². The lowest BCUT2D eigenvalue weighted by Gasteiger charge is -2.34. The van der Waals surface area contributed by atoms with Crippen LogP contribution in [0, 0.1) is 6.92 Å². The number of hydrogen-bond acceptors (Lipinski definition) is 3. The van der Waals surface area contributed by atoms with Gasteiger partial charge in [0.2, 0.25) is 11.8 Å². The van der Waals surface area contributed by atoms with Crippen molar-refractivity contribution in [1.29, 1.82) is 0 Å². The van der Waals surface area contributed by atoms with Gasteiger partial charge in [0.25, 0.3) is 0 Å². The van der Waals surface area contributed by atoms with Crippen molar-refractivity contribution in [2.45, 2.75) is 26.4 Å². The molecule has 1 saturated heterocycles. The minimum atomic E-state index is -0.0324. The van der Waals surface area contributed by atoms with Gasteiger partial charge in [-0.25, -0.2) is 0 Å². The lowest BCUT2D eigenvalue weighted by Crippen LogP contribution is -2.51.